The van der Waals surface area contributed by atoms with Gasteiger partial charge in [0.25, 0.3) is 0 Å². The molecule has 1 N–H and O–H groups in total. The lowest BCUT2D eigenvalue weighted by Gasteiger charge is -2.19. The van der Waals surface area contributed by atoms with Gasteiger partial charge in [0.2, 0.25) is 0 Å². The first kappa shape index (κ1) is 16.2. The van der Waals surface area contributed by atoms with E-state index in [9.17, 15) is 9.18 Å². The second-order valence-corrected chi connectivity index (χ2v) is 5.64. The van der Waals surface area contributed by atoms with E-state index in [2.05, 4.69) is 5.32 Å². The third kappa shape index (κ3) is 6.36. The average molecular weight is 279 g/mol. The summed E-state index contributed by atoms with van der Waals surface area (Å²) in [5.41, 5.74) is 0.949. The van der Waals surface area contributed by atoms with Crippen molar-refractivity contribution in [3.05, 3.63) is 41.2 Å². The highest BCUT2D eigenvalue weighted by Gasteiger charge is 2.15. The summed E-state index contributed by atoms with van der Waals surface area (Å²) >= 11 is 0. The van der Waals surface area contributed by atoms with E-state index in [4.69, 9.17) is 4.74 Å². The minimum Gasteiger partial charge on any atom is -0.444 e. The molecule has 0 unspecified atom stereocenters. The molecule has 110 valence electrons. The molecule has 4 heteroatoms. The van der Waals surface area contributed by atoms with Crippen molar-refractivity contribution in [3.8, 4) is 0 Å². The Hall–Kier alpha value is -1.84. The van der Waals surface area contributed by atoms with Crippen LogP contribution in [0.25, 0.3) is 6.08 Å². The van der Waals surface area contributed by atoms with Crippen molar-refractivity contribution in [2.24, 2.45) is 0 Å². The van der Waals surface area contributed by atoms with Crippen molar-refractivity contribution in [3.63, 3.8) is 0 Å². The molecule has 20 heavy (non-hydrogen) atoms. The van der Waals surface area contributed by atoms with Gasteiger partial charge < -0.3 is 10.1 Å². The van der Waals surface area contributed by atoms with E-state index >= 15 is 0 Å². The van der Waals surface area contributed by atoms with Crippen molar-refractivity contribution in [1.29, 1.82) is 0 Å². The van der Waals surface area contributed by atoms with E-state index in [-0.39, 0.29) is 5.82 Å². The molecule has 1 amide bonds. The Morgan fingerprint density at radius 1 is 1.40 bits per heavy atom. The maximum Gasteiger partial charge on any atom is 0.407 e. The van der Waals surface area contributed by atoms with Gasteiger partial charge >= 0.3 is 6.09 Å². The van der Waals surface area contributed by atoms with Crippen molar-refractivity contribution < 1.29 is 13.9 Å². The molecule has 0 saturated heterocycles. The first-order valence-corrected chi connectivity index (χ1v) is 6.67. The average Bonchev–Trinajstić information content (AvgIpc) is 2.28. The topological polar surface area (TPSA) is 38.3 Å². The molecule has 0 aliphatic rings. The Labute approximate surface area is 119 Å². The number of nitrogens with one attached hydrogen (secondary N) is 1. The van der Waals surface area contributed by atoms with E-state index < -0.39 is 11.7 Å². The summed E-state index contributed by atoms with van der Waals surface area (Å²) in [5.74, 6) is -0.235. The number of ether oxygens (including phenoxy) is 1. The number of halogens is 1. The molecule has 0 bridgehead atoms. The zero-order chi connectivity index (χ0) is 15.2. The standard InChI is InChI=1S/C16H22FNO2/c1-12-8-9-13(14(17)11-12)7-5-6-10-18-15(19)20-16(2,3)4/h5,7-9,11H,6,10H2,1-4H3,(H,18,19). The van der Waals surface area contributed by atoms with E-state index in [0.717, 1.165) is 5.56 Å². The molecule has 0 aliphatic carbocycles. The zero-order valence-corrected chi connectivity index (χ0v) is 12.5. The lowest BCUT2D eigenvalue weighted by atomic mass is 10.1. The molecule has 0 radical (unpaired) electrons. The van der Waals surface area contributed by atoms with Crippen LogP contribution >= 0.6 is 0 Å². The van der Waals surface area contributed by atoms with Gasteiger partial charge in [-0.05, 0) is 45.7 Å². The molecule has 0 aliphatic heterocycles. The zero-order valence-electron chi connectivity index (χ0n) is 12.5. The van der Waals surface area contributed by atoms with Gasteiger partial charge in [0.15, 0.2) is 0 Å². The highest BCUT2D eigenvalue weighted by atomic mass is 19.1. The van der Waals surface area contributed by atoms with Crippen molar-refractivity contribution >= 4 is 12.2 Å². The lowest BCUT2D eigenvalue weighted by molar-refractivity contribution is 0.0529. The van der Waals surface area contributed by atoms with E-state index in [1.165, 1.54) is 6.07 Å². The number of carbonyl (C=O) groups is 1. The molecule has 0 spiro atoms. The van der Waals surface area contributed by atoms with Crippen molar-refractivity contribution in [2.75, 3.05) is 6.54 Å². The highest BCUT2D eigenvalue weighted by molar-refractivity contribution is 5.67. The number of carbonyl (C=O) groups excluding carboxylic acids is 1. The van der Waals surface area contributed by atoms with E-state index in [1.54, 1.807) is 12.1 Å². The molecule has 0 saturated carbocycles. The molecule has 0 fully saturated rings. The van der Waals surface area contributed by atoms with Crippen LogP contribution in [0.2, 0.25) is 0 Å². The minimum atomic E-state index is -0.495. The van der Waals surface area contributed by atoms with Crippen LogP contribution < -0.4 is 5.32 Å². The maximum atomic E-state index is 13.5. The van der Waals surface area contributed by atoms with Gasteiger partial charge in [-0.15, -0.1) is 0 Å². The van der Waals surface area contributed by atoms with Crippen LogP contribution in [0.3, 0.4) is 0 Å². The first-order chi connectivity index (χ1) is 9.28. The lowest BCUT2D eigenvalue weighted by Crippen LogP contribution is -2.32. The summed E-state index contributed by atoms with van der Waals surface area (Å²) in [7, 11) is 0. The van der Waals surface area contributed by atoms with Gasteiger partial charge in [-0.3, -0.25) is 0 Å². The largest absolute Gasteiger partial charge is 0.444 e. The molecule has 1 aromatic carbocycles. The van der Waals surface area contributed by atoms with Crippen molar-refractivity contribution in [2.45, 2.75) is 39.7 Å². The third-order valence-electron chi connectivity index (χ3n) is 2.43. The number of hydrogen-bond donors (Lipinski definition) is 1. The SMILES string of the molecule is Cc1ccc(C=CCCNC(=O)OC(C)(C)C)c(F)c1. The van der Waals surface area contributed by atoms with Crippen molar-refractivity contribution in [1.82, 2.24) is 5.32 Å². The molecule has 1 rings (SSSR count). The molecule has 1 aromatic rings. The first-order valence-electron chi connectivity index (χ1n) is 6.67. The Bertz CT molecular complexity index is 490. The quantitative estimate of drug-likeness (QED) is 0.844. The van der Waals surface area contributed by atoms with Gasteiger partial charge in [-0.1, -0.05) is 24.3 Å². The van der Waals surface area contributed by atoms with Gasteiger partial charge in [0.1, 0.15) is 11.4 Å². The summed E-state index contributed by atoms with van der Waals surface area (Å²) in [4.78, 5) is 11.4. The number of rotatable bonds is 4. The molecule has 3 nitrogen and oxygen atoms in total. The molecule has 0 heterocycles. The number of alkyl carbamates (subject to hydrolysis) is 1. The van der Waals surface area contributed by atoms with Crippen LogP contribution in [0, 0.1) is 12.7 Å². The summed E-state index contributed by atoms with van der Waals surface area (Å²) in [6.45, 7) is 7.74. The molecule has 0 atom stereocenters. The number of amides is 1. The summed E-state index contributed by atoms with van der Waals surface area (Å²) in [6, 6.07) is 5.10. The summed E-state index contributed by atoms with van der Waals surface area (Å²) in [6.07, 6.45) is 3.72. The van der Waals surface area contributed by atoms with Crippen LogP contribution in [-0.4, -0.2) is 18.2 Å². The van der Waals surface area contributed by atoms with Gasteiger partial charge in [-0.2, -0.15) is 0 Å². The fourth-order valence-electron chi connectivity index (χ4n) is 1.55. The Morgan fingerprint density at radius 2 is 2.10 bits per heavy atom. The normalized spacial score (nSPS) is 11.7. The predicted molar refractivity (Wildman–Crippen MR) is 79.0 cm³/mol. The van der Waals surface area contributed by atoms with Crippen LogP contribution in [0.1, 0.15) is 38.3 Å². The van der Waals surface area contributed by atoms with Gasteiger partial charge in [-0.25, -0.2) is 9.18 Å². The fraction of sp³-hybridized carbons (Fsp3) is 0.438. The Balaban J connectivity index is 2.34. The molecule has 0 aromatic heterocycles. The smallest absolute Gasteiger partial charge is 0.407 e. The minimum absolute atomic E-state index is 0.235. The highest BCUT2D eigenvalue weighted by Crippen LogP contribution is 2.11. The van der Waals surface area contributed by atoms with E-state index in [0.29, 0.717) is 18.5 Å². The Morgan fingerprint density at radius 3 is 2.70 bits per heavy atom. The second-order valence-electron chi connectivity index (χ2n) is 5.64. The van der Waals surface area contributed by atoms with Gasteiger partial charge in [0, 0.05) is 12.1 Å². The number of aryl methyl sites for hydroxylation is 1. The van der Waals surface area contributed by atoms with Crippen LogP contribution in [0.15, 0.2) is 24.3 Å². The second kappa shape index (κ2) is 7.08. The summed E-state index contributed by atoms with van der Waals surface area (Å²) < 4.78 is 18.6. The maximum absolute atomic E-state index is 13.5. The van der Waals surface area contributed by atoms with E-state index in [1.807, 2.05) is 39.8 Å². The molecular formula is C16H22FNO2. The van der Waals surface area contributed by atoms with Gasteiger partial charge in [0.05, 0.1) is 0 Å². The molecular weight excluding hydrogens is 257 g/mol. The number of hydrogen-bond acceptors (Lipinski definition) is 2. The van der Waals surface area contributed by atoms with Crippen LogP contribution in [0.4, 0.5) is 9.18 Å². The fourth-order valence-corrected chi connectivity index (χ4v) is 1.55. The summed E-state index contributed by atoms with van der Waals surface area (Å²) in [5, 5.41) is 2.64. The predicted octanol–water partition coefficient (Wildman–Crippen LogP) is 4.06. The Kier molecular flexibility index (Phi) is 5.74. The van der Waals surface area contributed by atoms with Crippen LogP contribution in [-0.2, 0) is 4.74 Å². The monoisotopic (exact) mass is 279 g/mol. The third-order valence-corrected chi connectivity index (χ3v) is 2.43. The van der Waals surface area contributed by atoms with Crippen LogP contribution in [0.5, 0.6) is 0 Å². The number of benzene rings is 1.